The van der Waals surface area contributed by atoms with Gasteiger partial charge in [-0.15, -0.1) is 0 Å². The Hall–Kier alpha value is -2.19. The highest BCUT2D eigenvalue weighted by Crippen LogP contribution is 2.25. The number of imidazole rings is 1. The van der Waals surface area contributed by atoms with Crippen molar-refractivity contribution in [2.24, 2.45) is 13.0 Å². The molecule has 2 aromatic rings. The van der Waals surface area contributed by atoms with Crippen molar-refractivity contribution in [2.45, 2.75) is 38.6 Å². The quantitative estimate of drug-likeness (QED) is 0.869. The van der Waals surface area contributed by atoms with Crippen LogP contribution in [0, 0.1) is 26.7 Å². The van der Waals surface area contributed by atoms with Gasteiger partial charge in [-0.3, -0.25) is 4.79 Å². The fourth-order valence-electron chi connectivity index (χ4n) is 3.25. The van der Waals surface area contributed by atoms with Crippen LogP contribution in [0.2, 0.25) is 0 Å². The Balaban J connectivity index is 1.64. The summed E-state index contributed by atoms with van der Waals surface area (Å²) in [6.45, 7) is 6.35. The monoisotopic (exact) mass is 390 g/mol. The minimum absolute atomic E-state index is 0.0468. The first-order valence-corrected chi connectivity index (χ1v) is 10.5. The van der Waals surface area contributed by atoms with Gasteiger partial charge in [0.15, 0.2) is 5.03 Å². The van der Waals surface area contributed by atoms with Crippen molar-refractivity contribution in [3.8, 4) is 0 Å². The van der Waals surface area contributed by atoms with Crippen LogP contribution < -0.4 is 5.32 Å². The van der Waals surface area contributed by atoms with Gasteiger partial charge in [0, 0.05) is 37.9 Å². The van der Waals surface area contributed by atoms with Gasteiger partial charge in [-0.1, -0.05) is 12.1 Å². The molecule has 8 heteroatoms. The summed E-state index contributed by atoms with van der Waals surface area (Å²) in [6.07, 6.45) is 2.54. The molecule has 1 saturated heterocycles. The van der Waals surface area contributed by atoms with E-state index in [1.54, 1.807) is 18.5 Å². The molecule has 1 aliphatic rings. The SMILES string of the molecule is Cc1ccc(C)c(NC(=O)C2CCN(S(=O)(=O)c3cn(C)c(C)n3)CC2)c1. The van der Waals surface area contributed by atoms with Gasteiger partial charge >= 0.3 is 0 Å². The highest BCUT2D eigenvalue weighted by Gasteiger charge is 2.33. The van der Waals surface area contributed by atoms with E-state index in [0.29, 0.717) is 31.8 Å². The first-order chi connectivity index (χ1) is 12.7. The van der Waals surface area contributed by atoms with E-state index in [9.17, 15) is 13.2 Å². The molecule has 0 radical (unpaired) electrons. The summed E-state index contributed by atoms with van der Waals surface area (Å²) in [7, 11) is -1.85. The van der Waals surface area contributed by atoms with Crippen LogP contribution in [-0.2, 0) is 21.9 Å². The molecule has 0 saturated carbocycles. The van der Waals surface area contributed by atoms with Crippen molar-refractivity contribution in [1.82, 2.24) is 13.9 Å². The minimum Gasteiger partial charge on any atom is -0.337 e. The van der Waals surface area contributed by atoms with Crippen LogP contribution in [0.1, 0.15) is 29.8 Å². The van der Waals surface area contributed by atoms with Crippen LogP contribution >= 0.6 is 0 Å². The Bertz CT molecular complexity index is 938. The van der Waals surface area contributed by atoms with E-state index in [1.165, 1.54) is 10.5 Å². The predicted octanol–water partition coefficient (Wildman–Crippen LogP) is 2.38. The summed E-state index contributed by atoms with van der Waals surface area (Å²) in [4.78, 5) is 16.7. The van der Waals surface area contributed by atoms with E-state index in [4.69, 9.17) is 0 Å². The first kappa shape index (κ1) is 19.6. The normalized spacial score (nSPS) is 16.4. The number of piperidine rings is 1. The third-order valence-corrected chi connectivity index (χ3v) is 6.94. The van der Waals surface area contributed by atoms with E-state index >= 15 is 0 Å². The summed E-state index contributed by atoms with van der Waals surface area (Å²) in [5.74, 6) is 0.410. The number of nitrogens with zero attached hydrogens (tertiary/aromatic N) is 3. The zero-order chi connectivity index (χ0) is 19.8. The fraction of sp³-hybridized carbons (Fsp3) is 0.474. The average Bonchev–Trinajstić information content (AvgIpc) is 2.98. The summed E-state index contributed by atoms with van der Waals surface area (Å²) in [5, 5.41) is 3.06. The molecule has 3 rings (SSSR count). The van der Waals surface area contributed by atoms with E-state index in [1.807, 2.05) is 32.0 Å². The van der Waals surface area contributed by atoms with E-state index in [-0.39, 0.29) is 16.9 Å². The maximum atomic E-state index is 12.8. The fourth-order valence-corrected chi connectivity index (χ4v) is 4.74. The molecule has 0 spiro atoms. The number of hydrogen-bond acceptors (Lipinski definition) is 4. The molecular formula is C19H26N4O3S. The molecule has 1 amide bonds. The molecule has 0 aliphatic carbocycles. The summed E-state index contributed by atoms with van der Waals surface area (Å²) in [6, 6.07) is 5.94. The van der Waals surface area contributed by atoms with Gasteiger partial charge in [0.25, 0.3) is 10.0 Å². The zero-order valence-electron chi connectivity index (χ0n) is 16.2. The number of nitrogens with one attached hydrogen (secondary N) is 1. The van der Waals surface area contributed by atoms with Crippen LogP contribution in [0.3, 0.4) is 0 Å². The summed E-state index contributed by atoms with van der Waals surface area (Å²) in [5.41, 5.74) is 2.92. The number of anilines is 1. The average molecular weight is 391 g/mol. The van der Waals surface area contributed by atoms with Crippen LogP contribution in [0.4, 0.5) is 5.69 Å². The van der Waals surface area contributed by atoms with E-state index < -0.39 is 10.0 Å². The number of aromatic nitrogens is 2. The lowest BCUT2D eigenvalue weighted by atomic mass is 9.97. The molecule has 0 bridgehead atoms. The number of benzene rings is 1. The molecule has 1 aliphatic heterocycles. The number of aryl methyl sites for hydroxylation is 4. The molecule has 1 N–H and O–H groups in total. The zero-order valence-corrected chi connectivity index (χ0v) is 17.0. The minimum atomic E-state index is -3.61. The molecule has 1 aromatic heterocycles. The third kappa shape index (κ3) is 4.06. The van der Waals surface area contributed by atoms with Gasteiger partial charge in [0.2, 0.25) is 5.91 Å². The standard InChI is InChI=1S/C19H26N4O3S/c1-13-5-6-14(2)17(11-13)21-19(24)16-7-9-23(10-8-16)27(25,26)18-12-22(4)15(3)20-18/h5-6,11-12,16H,7-10H2,1-4H3,(H,21,24). The number of amides is 1. The Morgan fingerprint density at radius 1 is 1.19 bits per heavy atom. The Morgan fingerprint density at radius 2 is 1.85 bits per heavy atom. The third-order valence-electron chi connectivity index (χ3n) is 5.17. The lowest BCUT2D eigenvalue weighted by Crippen LogP contribution is -2.41. The van der Waals surface area contributed by atoms with E-state index in [0.717, 1.165) is 16.8 Å². The van der Waals surface area contributed by atoms with E-state index in [2.05, 4.69) is 10.3 Å². The molecule has 0 atom stereocenters. The molecule has 27 heavy (non-hydrogen) atoms. The van der Waals surface area contributed by atoms with Gasteiger partial charge in [0.1, 0.15) is 5.82 Å². The van der Waals surface area contributed by atoms with Crippen molar-refractivity contribution in [3.63, 3.8) is 0 Å². The number of rotatable bonds is 4. The molecule has 2 heterocycles. The number of hydrogen-bond donors (Lipinski definition) is 1. The number of carbonyl (C=O) groups excluding carboxylic acids is 1. The van der Waals surface area contributed by atoms with Gasteiger partial charge in [-0.2, -0.15) is 4.31 Å². The maximum Gasteiger partial charge on any atom is 0.262 e. The van der Waals surface area contributed by atoms with Gasteiger partial charge in [-0.25, -0.2) is 13.4 Å². The van der Waals surface area contributed by atoms with Crippen LogP contribution in [0.25, 0.3) is 0 Å². The van der Waals surface area contributed by atoms with Crippen molar-refractivity contribution >= 4 is 21.6 Å². The van der Waals surface area contributed by atoms with Crippen molar-refractivity contribution in [2.75, 3.05) is 18.4 Å². The maximum absolute atomic E-state index is 12.8. The smallest absolute Gasteiger partial charge is 0.262 e. The van der Waals surface area contributed by atoms with Gasteiger partial charge in [0.05, 0.1) is 0 Å². The lowest BCUT2D eigenvalue weighted by Gasteiger charge is -2.30. The largest absolute Gasteiger partial charge is 0.337 e. The molecule has 146 valence electrons. The molecule has 1 fully saturated rings. The topological polar surface area (TPSA) is 84.3 Å². The number of carbonyl (C=O) groups is 1. The van der Waals surface area contributed by atoms with Crippen LogP contribution in [0.15, 0.2) is 29.4 Å². The lowest BCUT2D eigenvalue weighted by molar-refractivity contribution is -0.120. The van der Waals surface area contributed by atoms with Crippen LogP contribution in [-0.4, -0.2) is 41.3 Å². The molecule has 1 aromatic carbocycles. The second-order valence-electron chi connectivity index (χ2n) is 7.22. The van der Waals surface area contributed by atoms with Gasteiger partial charge in [-0.05, 0) is 50.8 Å². The van der Waals surface area contributed by atoms with Crippen LogP contribution in [0.5, 0.6) is 0 Å². The summed E-state index contributed by atoms with van der Waals surface area (Å²) < 4.78 is 28.6. The van der Waals surface area contributed by atoms with Gasteiger partial charge < -0.3 is 9.88 Å². The summed E-state index contributed by atoms with van der Waals surface area (Å²) >= 11 is 0. The highest BCUT2D eigenvalue weighted by atomic mass is 32.2. The highest BCUT2D eigenvalue weighted by molar-refractivity contribution is 7.89. The first-order valence-electron chi connectivity index (χ1n) is 9.06. The van der Waals surface area contributed by atoms with Crippen molar-refractivity contribution < 1.29 is 13.2 Å². The predicted molar refractivity (Wildman–Crippen MR) is 104 cm³/mol. The molecule has 7 nitrogen and oxygen atoms in total. The Kier molecular flexibility index (Phi) is 5.39. The van der Waals surface area contributed by atoms with Crippen molar-refractivity contribution in [3.05, 3.63) is 41.3 Å². The molecule has 0 unspecified atom stereocenters. The second kappa shape index (κ2) is 7.44. The number of sulfonamides is 1. The molecular weight excluding hydrogens is 364 g/mol. The Labute approximate surface area is 160 Å². The second-order valence-corrected chi connectivity index (χ2v) is 9.11. The van der Waals surface area contributed by atoms with Crippen molar-refractivity contribution in [1.29, 1.82) is 0 Å². The Morgan fingerprint density at radius 3 is 2.44 bits per heavy atom.